The van der Waals surface area contributed by atoms with Crippen LogP contribution in [0.3, 0.4) is 0 Å². The number of hydrogen-bond donors (Lipinski definition) is 2. The minimum Gasteiger partial charge on any atom is -0.388 e. The highest BCUT2D eigenvalue weighted by atomic mass is 16.3. The average Bonchev–Trinajstić information content (AvgIpc) is 2.73. The molecule has 28 heavy (non-hydrogen) atoms. The van der Waals surface area contributed by atoms with Gasteiger partial charge in [0.05, 0.1) is 11.3 Å². The highest BCUT2D eigenvalue weighted by Gasteiger charge is 2.29. The zero-order valence-corrected chi connectivity index (χ0v) is 16.1. The predicted molar refractivity (Wildman–Crippen MR) is 110 cm³/mol. The Morgan fingerprint density at radius 2 is 1.68 bits per heavy atom. The first-order chi connectivity index (χ1) is 13.6. The van der Waals surface area contributed by atoms with Gasteiger partial charge in [-0.3, -0.25) is 4.79 Å². The Balaban J connectivity index is 1.51. The normalized spacial score (nSPS) is 16.1. The van der Waals surface area contributed by atoms with Gasteiger partial charge in [-0.1, -0.05) is 55.7 Å². The third-order valence-corrected chi connectivity index (χ3v) is 5.65. The number of aromatic nitrogens is 2. The van der Waals surface area contributed by atoms with Gasteiger partial charge < -0.3 is 10.4 Å². The molecular weight excluding hydrogens is 350 g/mol. The number of rotatable bonds is 4. The Hall–Kier alpha value is -2.79. The molecule has 1 aliphatic carbocycles. The number of hydrogen-bond acceptors (Lipinski definition) is 4. The summed E-state index contributed by atoms with van der Waals surface area (Å²) in [6.45, 7) is 2.26. The number of aliphatic hydroxyl groups is 1. The molecule has 1 aromatic heterocycles. The van der Waals surface area contributed by atoms with E-state index in [1.165, 1.54) is 0 Å². The summed E-state index contributed by atoms with van der Waals surface area (Å²) in [4.78, 5) is 12.5. The van der Waals surface area contributed by atoms with E-state index in [1.54, 1.807) is 12.1 Å². The third kappa shape index (κ3) is 3.76. The summed E-state index contributed by atoms with van der Waals surface area (Å²) >= 11 is 0. The van der Waals surface area contributed by atoms with E-state index in [-0.39, 0.29) is 5.91 Å². The lowest BCUT2D eigenvalue weighted by Gasteiger charge is -2.32. The molecule has 5 nitrogen and oxygen atoms in total. The standard InChI is InChI=1S/C23H25N3O2/c1-16-19-7-3-4-8-20(19)21(26-25-16)17-9-11-18(12-10-17)22(27)24-15-23(28)13-5-2-6-14-23/h3-4,7-12,28H,2,5-6,13-15H2,1H3,(H,24,27). The Morgan fingerprint density at radius 1 is 1.00 bits per heavy atom. The van der Waals surface area contributed by atoms with E-state index in [9.17, 15) is 9.90 Å². The highest BCUT2D eigenvalue weighted by molar-refractivity contribution is 5.97. The summed E-state index contributed by atoms with van der Waals surface area (Å²) < 4.78 is 0. The second kappa shape index (κ2) is 7.68. The van der Waals surface area contributed by atoms with Gasteiger partial charge in [0.15, 0.2) is 0 Å². The molecule has 0 bridgehead atoms. The fourth-order valence-corrected chi connectivity index (χ4v) is 3.96. The van der Waals surface area contributed by atoms with Gasteiger partial charge in [-0.2, -0.15) is 5.10 Å². The molecule has 1 aliphatic rings. The lowest BCUT2D eigenvalue weighted by atomic mass is 9.85. The lowest BCUT2D eigenvalue weighted by Crippen LogP contribution is -2.44. The van der Waals surface area contributed by atoms with E-state index in [4.69, 9.17) is 0 Å². The van der Waals surface area contributed by atoms with Crippen molar-refractivity contribution in [3.63, 3.8) is 0 Å². The second-order valence-corrected chi connectivity index (χ2v) is 7.72. The van der Waals surface area contributed by atoms with Gasteiger partial charge in [-0.15, -0.1) is 5.10 Å². The lowest BCUT2D eigenvalue weighted by molar-refractivity contribution is 0.00526. The first-order valence-corrected chi connectivity index (χ1v) is 9.89. The molecule has 0 saturated heterocycles. The molecule has 1 fully saturated rings. The topological polar surface area (TPSA) is 75.1 Å². The fraction of sp³-hybridized carbons (Fsp3) is 0.348. The van der Waals surface area contributed by atoms with Gasteiger partial charge in [-0.25, -0.2) is 0 Å². The molecule has 2 aromatic carbocycles. The van der Waals surface area contributed by atoms with Crippen molar-refractivity contribution < 1.29 is 9.90 Å². The van der Waals surface area contributed by atoms with Crippen molar-refractivity contribution >= 4 is 16.7 Å². The summed E-state index contributed by atoms with van der Waals surface area (Å²) in [6, 6.07) is 15.5. The van der Waals surface area contributed by atoms with Gasteiger partial charge in [-0.05, 0) is 31.9 Å². The van der Waals surface area contributed by atoms with Crippen molar-refractivity contribution in [2.75, 3.05) is 6.54 Å². The minimum absolute atomic E-state index is 0.162. The van der Waals surface area contributed by atoms with E-state index in [2.05, 4.69) is 15.5 Å². The first kappa shape index (κ1) is 18.6. The molecule has 0 radical (unpaired) electrons. The maximum absolute atomic E-state index is 12.5. The Morgan fingerprint density at radius 3 is 2.39 bits per heavy atom. The number of aryl methyl sites for hydroxylation is 1. The van der Waals surface area contributed by atoms with Gasteiger partial charge >= 0.3 is 0 Å². The molecule has 5 heteroatoms. The van der Waals surface area contributed by atoms with Crippen LogP contribution in [-0.4, -0.2) is 33.4 Å². The van der Waals surface area contributed by atoms with Crippen LogP contribution in [0.1, 0.15) is 48.2 Å². The van der Waals surface area contributed by atoms with Crippen LogP contribution in [0.5, 0.6) is 0 Å². The van der Waals surface area contributed by atoms with Gasteiger partial charge in [0.2, 0.25) is 0 Å². The molecule has 3 aromatic rings. The van der Waals surface area contributed by atoms with Gasteiger partial charge in [0.1, 0.15) is 5.69 Å². The maximum atomic E-state index is 12.5. The van der Waals surface area contributed by atoms with Crippen molar-refractivity contribution in [3.05, 3.63) is 59.8 Å². The monoisotopic (exact) mass is 375 g/mol. The number of nitrogens with zero attached hydrogens (tertiary/aromatic N) is 2. The van der Waals surface area contributed by atoms with Crippen molar-refractivity contribution in [2.24, 2.45) is 0 Å². The van der Waals surface area contributed by atoms with Crippen LogP contribution in [-0.2, 0) is 0 Å². The highest BCUT2D eigenvalue weighted by Crippen LogP contribution is 2.28. The quantitative estimate of drug-likeness (QED) is 0.722. The van der Waals surface area contributed by atoms with Crippen molar-refractivity contribution in [2.45, 2.75) is 44.6 Å². The van der Waals surface area contributed by atoms with Crippen molar-refractivity contribution in [3.8, 4) is 11.3 Å². The van der Waals surface area contributed by atoms with Crippen LogP contribution in [0.15, 0.2) is 48.5 Å². The van der Waals surface area contributed by atoms with Crippen LogP contribution in [0, 0.1) is 6.92 Å². The summed E-state index contributed by atoms with van der Waals surface area (Å²) in [5.74, 6) is -0.162. The zero-order valence-electron chi connectivity index (χ0n) is 16.1. The fourth-order valence-electron chi connectivity index (χ4n) is 3.96. The first-order valence-electron chi connectivity index (χ1n) is 9.89. The Bertz CT molecular complexity index is 992. The largest absolute Gasteiger partial charge is 0.388 e. The second-order valence-electron chi connectivity index (χ2n) is 7.72. The Kier molecular flexibility index (Phi) is 5.09. The summed E-state index contributed by atoms with van der Waals surface area (Å²) in [5.41, 5.74) is 2.45. The zero-order chi connectivity index (χ0) is 19.6. The molecule has 1 saturated carbocycles. The van der Waals surface area contributed by atoms with Gasteiger partial charge in [0.25, 0.3) is 5.91 Å². The van der Waals surface area contributed by atoms with Gasteiger partial charge in [0, 0.05) is 28.4 Å². The minimum atomic E-state index is -0.760. The molecule has 2 N–H and O–H groups in total. The molecule has 4 rings (SSSR count). The van der Waals surface area contributed by atoms with Crippen LogP contribution in [0.25, 0.3) is 22.0 Å². The predicted octanol–water partition coefficient (Wildman–Crippen LogP) is 4.03. The molecule has 1 amide bonds. The van der Waals surface area contributed by atoms with Crippen LogP contribution in [0.4, 0.5) is 0 Å². The molecule has 1 heterocycles. The SMILES string of the molecule is Cc1nnc(-c2ccc(C(=O)NCC3(O)CCCCC3)cc2)c2ccccc12. The number of nitrogens with one attached hydrogen (secondary N) is 1. The number of fused-ring (bicyclic) bond motifs is 1. The van der Waals surface area contributed by atoms with E-state index in [1.807, 2.05) is 43.3 Å². The van der Waals surface area contributed by atoms with Crippen LogP contribution >= 0.6 is 0 Å². The maximum Gasteiger partial charge on any atom is 0.251 e. The third-order valence-electron chi connectivity index (χ3n) is 5.65. The number of amides is 1. The van der Waals surface area contributed by atoms with E-state index in [0.717, 1.165) is 59.8 Å². The molecule has 0 unspecified atom stereocenters. The van der Waals surface area contributed by atoms with Crippen molar-refractivity contribution in [1.29, 1.82) is 0 Å². The summed E-state index contributed by atoms with van der Waals surface area (Å²) in [5, 5.41) is 24.2. The summed E-state index contributed by atoms with van der Waals surface area (Å²) in [7, 11) is 0. The van der Waals surface area contributed by atoms with E-state index >= 15 is 0 Å². The van der Waals surface area contributed by atoms with Crippen LogP contribution < -0.4 is 5.32 Å². The van der Waals surface area contributed by atoms with E-state index in [0.29, 0.717) is 12.1 Å². The number of benzene rings is 2. The Labute approximate surface area is 164 Å². The van der Waals surface area contributed by atoms with E-state index < -0.39 is 5.60 Å². The number of carbonyl (C=O) groups excluding carboxylic acids is 1. The molecule has 0 aliphatic heterocycles. The molecule has 0 atom stereocenters. The molecular formula is C23H25N3O2. The molecule has 0 spiro atoms. The molecule has 144 valence electrons. The van der Waals surface area contributed by atoms with Crippen LogP contribution in [0.2, 0.25) is 0 Å². The smallest absolute Gasteiger partial charge is 0.251 e. The summed E-state index contributed by atoms with van der Waals surface area (Å²) in [6.07, 6.45) is 4.71. The van der Waals surface area contributed by atoms with Crippen molar-refractivity contribution in [1.82, 2.24) is 15.5 Å². The average molecular weight is 375 g/mol. The number of carbonyl (C=O) groups is 1.